The molecule has 0 saturated heterocycles. The minimum Gasteiger partial charge on any atom is -0.309 e. The van der Waals surface area contributed by atoms with Gasteiger partial charge in [-0.25, -0.2) is 0 Å². The van der Waals surface area contributed by atoms with Gasteiger partial charge in [0.05, 0.1) is 22.7 Å². The molecule has 1 aromatic heterocycles. The third kappa shape index (κ3) is 4.26. The number of hydrogen-bond donors (Lipinski definition) is 0. The van der Waals surface area contributed by atoms with Crippen LogP contribution in [0.1, 0.15) is 5.56 Å². The molecule has 218 valence electrons. The van der Waals surface area contributed by atoms with Crippen molar-refractivity contribution < 1.29 is 0 Å². The number of aromatic nitrogens is 1. The number of nitrogens with zero attached hydrogens (tertiary/aromatic N) is 2. The van der Waals surface area contributed by atoms with Crippen LogP contribution in [0.3, 0.4) is 0 Å². The molecule has 0 bridgehead atoms. The maximum atomic E-state index is 10.1. The van der Waals surface area contributed by atoms with Crippen molar-refractivity contribution in [1.82, 2.24) is 4.57 Å². The highest BCUT2D eigenvalue weighted by molar-refractivity contribution is 6.22. The van der Waals surface area contributed by atoms with Gasteiger partial charge in [-0.15, -0.1) is 0 Å². The third-order valence-electron chi connectivity index (χ3n) is 9.41. The Balaban J connectivity index is 1.34. The van der Waals surface area contributed by atoms with Crippen LogP contribution in [0, 0.1) is 11.3 Å². The van der Waals surface area contributed by atoms with E-state index in [-0.39, 0.29) is 0 Å². The Bertz CT molecular complexity index is 2580. The highest BCUT2D eigenvalue weighted by Crippen LogP contribution is 2.46. The van der Waals surface area contributed by atoms with Crippen LogP contribution in [0.25, 0.3) is 82.4 Å². The first kappa shape index (κ1) is 26.9. The molecule has 0 aliphatic heterocycles. The fourth-order valence-corrected chi connectivity index (χ4v) is 7.42. The average Bonchev–Trinajstić information content (AvgIpc) is 3.48. The lowest BCUT2D eigenvalue weighted by Gasteiger charge is -2.20. The largest absolute Gasteiger partial charge is 0.309 e. The molecule has 8 aromatic carbocycles. The molecule has 0 aliphatic rings. The molecule has 0 unspecified atom stereocenters. The SMILES string of the molecule is N#Cc1ccc(-c2cccc(-n3c4ccccc4c4ccccc43)c2)c(-c2c3ccccc3c(-c3ccccc3)c3ccccc23)c1. The summed E-state index contributed by atoms with van der Waals surface area (Å²) in [6.07, 6.45) is 0. The Labute approximate surface area is 273 Å². The summed E-state index contributed by atoms with van der Waals surface area (Å²) in [5.74, 6) is 0. The molecular weight excluding hydrogens is 569 g/mol. The summed E-state index contributed by atoms with van der Waals surface area (Å²) >= 11 is 0. The van der Waals surface area contributed by atoms with Gasteiger partial charge in [0.2, 0.25) is 0 Å². The quantitative estimate of drug-likeness (QED) is 0.186. The summed E-state index contributed by atoms with van der Waals surface area (Å²) in [6, 6.07) is 62.6. The van der Waals surface area contributed by atoms with Crippen LogP contribution >= 0.6 is 0 Å². The summed E-state index contributed by atoms with van der Waals surface area (Å²) < 4.78 is 2.36. The molecular formula is C45H28N2. The van der Waals surface area contributed by atoms with Gasteiger partial charge in [-0.3, -0.25) is 0 Å². The van der Waals surface area contributed by atoms with Crippen molar-refractivity contribution in [3.05, 3.63) is 175 Å². The summed E-state index contributed by atoms with van der Waals surface area (Å²) in [4.78, 5) is 0. The Hall–Kier alpha value is -6.43. The second-order valence-corrected chi connectivity index (χ2v) is 12.0. The van der Waals surface area contributed by atoms with Crippen LogP contribution in [0.15, 0.2) is 170 Å². The van der Waals surface area contributed by atoms with Gasteiger partial charge in [0, 0.05) is 16.5 Å². The predicted octanol–water partition coefficient (Wildman–Crippen LogP) is 12.0. The maximum absolute atomic E-state index is 10.1. The Morgan fingerprint density at radius 1 is 0.383 bits per heavy atom. The topological polar surface area (TPSA) is 28.7 Å². The van der Waals surface area contributed by atoms with Crippen LogP contribution in [0.4, 0.5) is 0 Å². The van der Waals surface area contributed by atoms with E-state index in [1.54, 1.807) is 0 Å². The molecule has 2 heteroatoms. The van der Waals surface area contributed by atoms with E-state index >= 15 is 0 Å². The van der Waals surface area contributed by atoms with Crippen LogP contribution in [-0.2, 0) is 0 Å². The van der Waals surface area contributed by atoms with Gasteiger partial charge in [0.25, 0.3) is 0 Å². The van der Waals surface area contributed by atoms with Crippen LogP contribution in [0.5, 0.6) is 0 Å². The number of rotatable bonds is 4. The van der Waals surface area contributed by atoms with Gasteiger partial charge < -0.3 is 4.57 Å². The van der Waals surface area contributed by atoms with Gasteiger partial charge in [0.15, 0.2) is 0 Å². The van der Waals surface area contributed by atoms with Crippen LogP contribution in [0.2, 0.25) is 0 Å². The summed E-state index contributed by atoms with van der Waals surface area (Å²) in [7, 11) is 0. The van der Waals surface area contributed by atoms with Crippen molar-refractivity contribution in [3.8, 4) is 45.1 Å². The van der Waals surface area contributed by atoms with Crippen molar-refractivity contribution in [2.24, 2.45) is 0 Å². The highest BCUT2D eigenvalue weighted by atomic mass is 15.0. The van der Waals surface area contributed by atoms with Gasteiger partial charge in [-0.05, 0) is 91.3 Å². The summed E-state index contributed by atoms with van der Waals surface area (Å²) in [5, 5.41) is 17.3. The first-order chi connectivity index (χ1) is 23.3. The molecule has 9 rings (SSSR count). The van der Waals surface area contributed by atoms with Crippen LogP contribution in [-0.4, -0.2) is 4.57 Å². The monoisotopic (exact) mass is 596 g/mol. The minimum absolute atomic E-state index is 0.641. The van der Waals surface area contributed by atoms with Gasteiger partial charge in [0.1, 0.15) is 0 Å². The molecule has 0 radical (unpaired) electrons. The second kappa shape index (κ2) is 10.9. The molecule has 0 N–H and O–H groups in total. The van der Waals surface area contributed by atoms with E-state index in [0.29, 0.717) is 5.56 Å². The van der Waals surface area contributed by atoms with Gasteiger partial charge >= 0.3 is 0 Å². The number of hydrogen-bond acceptors (Lipinski definition) is 1. The molecule has 0 fully saturated rings. The molecule has 9 aromatic rings. The van der Waals surface area contributed by atoms with Crippen molar-refractivity contribution in [1.29, 1.82) is 5.26 Å². The van der Waals surface area contributed by atoms with E-state index in [1.165, 1.54) is 54.5 Å². The number of fused-ring (bicyclic) bond motifs is 5. The van der Waals surface area contributed by atoms with E-state index in [1.807, 2.05) is 6.07 Å². The Morgan fingerprint density at radius 3 is 1.49 bits per heavy atom. The number of nitriles is 1. The maximum Gasteiger partial charge on any atom is 0.0991 e. The normalized spacial score (nSPS) is 11.4. The van der Waals surface area contributed by atoms with Crippen molar-refractivity contribution in [3.63, 3.8) is 0 Å². The van der Waals surface area contributed by atoms with Crippen molar-refractivity contribution in [2.45, 2.75) is 0 Å². The number of benzene rings is 8. The first-order valence-corrected chi connectivity index (χ1v) is 15.9. The minimum atomic E-state index is 0.641. The predicted molar refractivity (Wildman–Crippen MR) is 197 cm³/mol. The molecule has 0 spiro atoms. The van der Waals surface area contributed by atoms with E-state index in [2.05, 4.69) is 174 Å². The molecule has 1 heterocycles. The first-order valence-electron chi connectivity index (χ1n) is 15.9. The van der Waals surface area contributed by atoms with Gasteiger partial charge in [-0.1, -0.05) is 133 Å². The number of para-hydroxylation sites is 2. The third-order valence-corrected chi connectivity index (χ3v) is 9.41. The lowest BCUT2D eigenvalue weighted by atomic mass is 9.83. The zero-order valence-corrected chi connectivity index (χ0v) is 25.6. The van der Waals surface area contributed by atoms with E-state index in [0.717, 1.165) is 27.9 Å². The lowest BCUT2D eigenvalue weighted by molar-refractivity contribution is 1.18. The standard InChI is InChI=1S/C45H28N2/c46-29-30-25-26-34(32-15-12-16-33(28-32)47-42-23-10-8-17-35(42)36-18-9-11-24-43(36)47)41(27-30)45-39-21-6-4-19-37(39)44(31-13-2-1-3-14-31)38-20-5-7-22-40(38)45/h1-28H. The average molecular weight is 597 g/mol. The van der Waals surface area contributed by atoms with Crippen LogP contribution < -0.4 is 0 Å². The summed E-state index contributed by atoms with van der Waals surface area (Å²) in [5.41, 5.74) is 10.9. The van der Waals surface area contributed by atoms with Crippen molar-refractivity contribution in [2.75, 3.05) is 0 Å². The van der Waals surface area contributed by atoms with Crippen molar-refractivity contribution >= 4 is 43.4 Å². The molecule has 0 aliphatic carbocycles. The summed E-state index contributed by atoms with van der Waals surface area (Å²) in [6.45, 7) is 0. The Kier molecular flexibility index (Phi) is 6.23. The zero-order chi connectivity index (χ0) is 31.3. The van der Waals surface area contributed by atoms with E-state index in [9.17, 15) is 5.26 Å². The highest BCUT2D eigenvalue weighted by Gasteiger charge is 2.20. The molecule has 0 atom stereocenters. The van der Waals surface area contributed by atoms with E-state index < -0.39 is 0 Å². The molecule has 0 amide bonds. The molecule has 0 saturated carbocycles. The van der Waals surface area contributed by atoms with Gasteiger partial charge in [-0.2, -0.15) is 5.26 Å². The fourth-order valence-electron chi connectivity index (χ4n) is 7.42. The second-order valence-electron chi connectivity index (χ2n) is 12.0. The molecule has 47 heavy (non-hydrogen) atoms. The van der Waals surface area contributed by atoms with E-state index in [4.69, 9.17) is 0 Å². The Morgan fingerprint density at radius 2 is 0.894 bits per heavy atom. The smallest absolute Gasteiger partial charge is 0.0991 e. The lowest BCUT2D eigenvalue weighted by Crippen LogP contribution is -1.96. The molecule has 2 nitrogen and oxygen atoms in total. The zero-order valence-electron chi connectivity index (χ0n) is 25.6. The fraction of sp³-hybridized carbons (Fsp3) is 0.